The van der Waals surface area contributed by atoms with E-state index in [1.165, 1.54) is 17.9 Å². The molecule has 1 aromatic carbocycles. The van der Waals surface area contributed by atoms with Crippen LogP contribution in [0.15, 0.2) is 42.6 Å². The first-order chi connectivity index (χ1) is 13.4. The van der Waals surface area contributed by atoms with E-state index in [2.05, 4.69) is 4.98 Å². The average Bonchev–Trinajstić information content (AvgIpc) is 2.72. The van der Waals surface area contributed by atoms with Crippen molar-refractivity contribution in [3.63, 3.8) is 0 Å². The molecule has 2 amide bonds. The number of anilines is 2. The molecule has 1 atom stereocenters. The maximum absolute atomic E-state index is 14.0. The zero-order chi connectivity index (χ0) is 19.9. The second-order valence-electron chi connectivity index (χ2n) is 7.06. The molecule has 146 valence electrons. The van der Waals surface area contributed by atoms with E-state index >= 15 is 0 Å². The molecule has 1 fully saturated rings. The second-order valence-corrected chi connectivity index (χ2v) is 7.06. The van der Waals surface area contributed by atoms with Crippen molar-refractivity contribution in [2.45, 2.75) is 12.5 Å². The number of fused-ring (bicyclic) bond motifs is 1. The molecule has 1 aromatic heterocycles. The smallest absolute Gasteiger partial charge is 0.281 e. The molecule has 2 aromatic rings. The molecule has 0 N–H and O–H groups in total. The maximum atomic E-state index is 14.0. The van der Waals surface area contributed by atoms with Crippen LogP contribution in [0.4, 0.5) is 15.9 Å². The minimum absolute atomic E-state index is 0.286. The molecule has 4 rings (SSSR count). The molecule has 0 radical (unpaired) electrons. The second kappa shape index (κ2) is 6.78. The fraction of sp³-hybridized carbons (Fsp3) is 0.350. The van der Waals surface area contributed by atoms with Crippen LogP contribution in [0.1, 0.15) is 6.92 Å². The quantitative estimate of drug-likeness (QED) is 0.737. The first kappa shape index (κ1) is 18.2. The molecule has 1 saturated heterocycles. The molecule has 0 aliphatic carbocycles. The van der Waals surface area contributed by atoms with Crippen LogP contribution >= 0.6 is 0 Å². The van der Waals surface area contributed by atoms with Crippen molar-refractivity contribution < 1.29 is 18.7 Å². The Balaban J connectivity index is 1.51. The number of carbonyl (C=O) groups is 2. The Morgan fingerprint density at radius 2 is 1.86 bits per heavy atom. The van der Waals surface area contributed by atoms with Crippen LogP contribution in [0, 0.1) is 5.82 Å². The predicted octanol–water partition coefficient (Wildman–Crippen LogP) is 1.68. The highest BCUT2D eigenvalue weighted by atomic mass is 19.1. The van der Waals surface area contributed by atoms with E-state index < -0.39 is 17.4 Å². The van der Waals surface area contributed by atoms with Crippen molar-refractivity contribution in [1.29, 1.82) is 0 Å². The lowest BCUT2D eigenvalue weighted by Gasteiger charge is -2.42. The molecule has 1 unspecified atom stereocenters. The van der Waals surface area contributed by atoms with E-state index in [0.717, 1.165) is 0 Å². The first-order valence-corrected chi connectivity index (χ1v) is 9.13. The van der Waals surface area contributed by atoms with Gasteiger partial charge < -0.3 is 14.5 Å². The zero-order valence-electron chi connectivity index (χ0n) is 15.8. The lowest BCUT2D eigenvalue weighted by atomic mass is 10.00. The SMILES string of the molecule is CN1C(=O)C(C)(C(=O)N2CCN(c3ccccc3F)CC2)Oc2cccnc21. The summed E-state index contributed by atoms with van der Waals surface area (Å²) in [5.74, 6) is -0.356. The number of carbonyl (C=O) groups excluding carboxylic acids is 2. The number of amides is 2. The summed E-state index contributed by atoms with van der Waals surface area (Å²) in [6.45, 7) is 3.20. The van der Waals surface area contributed by atoms with Gasteiger partial charge in [-0.05, 0) is 31.2 Å². The summed E-state index contributed by atoms with van der Waals surface area (Å²) >= 11 is 0. The number of benzene rings is 1. The van der Waals surface area contributed by atoms with Crippen molar-refractivity contribution in [3.8, 4) is 5.75 Å². The standard InChI is InChI=1S/C20H21FN4O3/c1-20(18(26)23(2)17-16(28-20)8-5-9-22-17)19(27)25-12-10-24(11-13-25)15-7-4-3-6-14(15)21/h3-9H,10-13H2,1-2H3. The van der Waals surface area contributed by atoms with Crippen LogP contribution in [0.2, 0.25) is 0 Å². The van der Waals surface area contributed by atoms with Gasteiger partial charge in [0.1, 0.15) is 5.82 Å². The fourth-order valence-corrected chi connectivity index (χ4v) is 3.69. The van der Waals surface area contributed by atoms with Gasteiger partial charge in [-0.25, -0.2) is 9.37 Å². The molecular weight excluding hydrogens is 363 g/mol. The van der Waals surface area contributed by atoms with Gasteiger partial charge in [-0.2, -0.15) is 0 Å². The molecule has 3 heterocycles. The van der Waals surface area contributed by atoms with E-state index in [-0.39, 0.29) is 5.82 Å². The van der Waals surface area contributed by atoms with Crippen molar-refractivity contribution in [2.75, 3.05) is 43.0 Å². The maximum Gasteiger partial charge on any atom is 0.281 e. The van der Waals surface area contributed by atoms with Crippen LogP contribution in [0.25, 0.3) is 0 Å². The number of rotatable bonds is 2. The van der Waals surface area contributed by atoms with Gasteiger partial charge in [-0.15, -0.1) is 0 Å². The third kappa shape index (κ3) is 2.85. The highest BCUT2D eigenvalue weighted by Crippen LogP contribution is 2.36. The summed E-state index contributed by atoms with van der Waals surface area (Å²) in [4.78, 5) is 35.1. The molecule has 0 bridgehead atoms. The predicted molar refractivity (Wildman–Crippen MR) is 102 cm³/mol. The molecule has 2 aliphatic rings. The summed E-state index contributed by atoms with van der Waals surface area (Å²) in [6.07, 6.45) is 1.57. The third-order valence-electron chi connectivity index (χ3n) is 5.26. The van der Waals surface area contributed by atoms with Crippen LogP contribution in [0.3, 0.4) is 0 Å². The number of aromatic nitrogens is 1. The molecule has 0 saturated carbocycles. The molecule has 0 spiro atoms. The Kier molecular flexibility index (Phi) is 4.41. The van der Waals surface area contributed by atoms with Crippen molar-refractivity contribution in [1.82, 2.24) is 9.88 Å². The summed E-state index contributed by atoms with van der Waals surface area (Å²) in [7, 11) is 1.58. The highest BCUT2D eigenvalue weighted by molar-refractivity contribution is 6.15. The van der Waals surface area contributed by atoms with Gasteiger partial charge in [-0.1, -0.05) is 12.1 Å². The number of ether oxygens (including phenoxy) is 1. The van der Waals surface area contributed by atoms with Crippen LogP contribution < -0.4 is 14.5 Å². The average molecular weight is 384 g/mol. The Labute approximate surface area is 162 Å². The van der Waals surface area contributed by atoms with Gasteiger partial charge in [0.15, 0.2) is 11.6 Å². The monoisotopic (exact) mass is 384 g/mol. The van der Waals surface area contributed by atoms with Crippen LogP contribution in [-0.4, -0.2) is 60.5 Å². The van der Waals surface area contributed by atoms with Gasteiger partial charge in [0, 0.05) is 39.4 Å². The third-order valence-corrected chi connectivity index (χ3v) is 5.26. The first-order valence-electron chi connectivity index (χ1n) is 9.13. The molecule has 2 aliphatic heterocycles. The molecule has 28 heavy (non-hydrogen) atoms. The van der Waals surface area contributed by atoms with Crippen molar-refractivity contribution in [2.24, 2.45) is 0 Å². The lowest BCUT2D eigenvalue weighted by molar-refractivity contribution is -0.156. The number of hydrogen-bond acceptors (Lipinski definition) is 5. The van der Waals surface area contributed by atoms with E-state index in [4.69, 9.17) is 4.74 Å². The van der Waals surface area contributed by atoms with E-state index in [9.17, 15) is 14.0 Å². The highest BCUT2D eigenvalue weighted by Gasteiger charge is 2.52. The number of piperazine rings is 1. The van der Waals surface area contributed by atoms with E-state index in [1.54, 1.807) is 48.5 Å². The van der Waals surface area contributed by atoms with E-state index in [1.807, 2.05) is 4.90 Å². The molecule has 7 nitrogen and oxygen atoms in total. The number of hydrogen-bond donors (Lipinski definition) is 0. The van der Waals surface area contributed by atoms with Gasteiger partial charge in [0.2, 0.25) is 0 Å². The Morgan fingerprint density at radius 3 is 2.57 bits per heavy atom. The number of pyridine rings is 1. The van der Waals surface area contributed by atoms with Gasteiger partial charge >= 0.3 is 0 Å². The van der Waals surface area contributed by atoms with Gasteiger partial charge in [0.25, 0.3) is 17.4 Å². The normalized spacial score (nSPS) is 22.0. The molecular formula is C20H21FN4O3. The Morgan fingerprint density at radius 1 is 1.14 bits per heavy atom. The van der Waals surface area contributed by atoms with Gasteiger partial charge in [-0.3, -0.25) is 14.5 Å². The largest absolute Gasteiger partial charge is 0.464 e. The summed E-state index contributed by atoms with van der Waals surface area (Å²) in [5, 5.41) is 0. The number of para-hydroxylation sites is 1. The fourth-order valence-electron chi connectivity index (χ4n) is 3.69. The van der Waals surface area contributed by atoms with Crippen molar-refractivity contribution in [3.05, 3.63) is 48.4 Å². The summed E-state index contributed by atoms with van der Waals surface area (Å²) in [6, 6.07) is 9.96. The Bertz CT molecular complexity index is 929. The topological polar surface area (TPSA) is 66.0 Å². The number of halogens is 1. The number of likely N-dealkylation sites (N-methyl/N-ethyl adjacent to an activating group) is 1. The van der Waals surface area contributed by atoms with Crippen molar-refractivity contribution >= 4 is 23.3 Å². The minimum atomic E-state index is -1.65. The van der Waals surface area contributed by atoms with Crippen LogP contribution in [-0.2, 0) is 9.59 Å². The number of nitrogens with zero attached hydrogens (tertiary/aromatic N) is 4. The Hall–Kier alpha value is -3.16. The molecule has 8 heteroatoms. The summed E-state index contributed by atoms with van der Waals surface area (Å²) in [5.41, 5.74) is -1.13. The zero-order valence-corrected chi connectivity index (χ0v) is 15.8. The van der Waals surface area contributed by atoms with Crippen LogP contribution in [0.5, 0.6) is 5.75 Å². The van der Waals surface area contributed by atoms with Gasteiger partial charge in [0.05, 0.1) is 5.69 Å². The lowest BCUT2D eigenvalue weighted by Crippen LogP contribution is -2.64. The minimum Gasteiger partial charge on any atom is -0.464 e. The summed E-state index contributed by atoms with van der Waals surface area (Å²) < 4.78 is 19.8. The van der Waals surface area contributed by atoms with E-state index in [0.29, 0.717) is 43.4 Å².